The van der Waals surface area contributed by atoms with Crippen LogP contribution >= 0.6 is 0 Å². The number of nitrogens with one attached hydrogen (secondary N) is 3. The van der Waals surface area contributed by atoms with Crippen molar-refractivity contribution in [1.29, 1.82) is 0 Å². The van der Waals surface area contributed by atoms with Gasteiger partial charge in [-0.25, -0.2) is 4.98 Å². The summed E-state index contributed by atoms with van der Waals surface area (Å²) in [5.41, 5.74) is 0.928. The van der Waals surface area contributed by atoms with Gasteiger partial charge in [0.25, 0.3) is 11.5 Å². The van der Waals surface area contributed by atoms with Crippen LogP contribution in [-0.4, -0.2) is 62.6 Å². The minimum absolute atomic E-state index is 0.00439. The minimum atomic E-state index is -0.391. The normalized spacial score (nSPS) is 22.6. The molecule has 0 spiro atoms. The van der Waals surface area contributed by atoms with Gasteiger partial charge in [-0.15, -0.1) is 0 Å². The lowest BCUT2D eigenvalue weighted by Gasteiger charge is -2.26. The second kappa shape index (κ2) is 10.0. The van der Waals surface area contributed by atoms with E-state index in [1.54, 1.807) is 34.5 Å². The van der Waals surface area contributed by atoms with E-state index in [2.05, 4.69) is 26.0 Å². The molecule has 4 heterocycles. The molecule has 0 bridgehead atoms. The van der Waals surface area contributed by atoms with Gasteiger partial charge in [0.05, 0.1) is 24.9 Å². The number of amides is 1. The van der Waals surface area contributed by atoms with E-state index in [9.17, 15) is 14.7 Å². The highest BCUT2D eigenvalue weighted by Gasteiger charge is 2.25. The molecule has 1 saturated carbocycles. The number of rotatable bonds is 6. The Morgan fingerprint density at radius 3 is 2.91 bits per heavy atom. The molecule has 3 aromatic rings. The molecule has 1 aliphatic heterocycles. The molecule has 0 radical (unpaired) electrons. The fourth-order valence-electron chi connectivity index (χ4n) is 4.90. The Hall–Kier alpha value is -3.44. The zero-order valence-electron chi connectivity index (χ0n) is 19.7. The minimum Gasteiger partial charge on any atom is -0.393 e. The highest BCUT2D eigenvalue weighted by Crippen LogP contribution is 2.23. The lowest BCUT2D eigenvalue weighted by Crippen LogP contribution is -2.39. The largest absolute Gasteiger partial charge is 0.393 e. The summed E-state index contributed by atoms with van der Waals surface area (Å²) in [6, 6.07) is 5.19. The Morgan fingerprint density at radius 1 is 1.26 bits per heavy atom. The van der Waals surface area contributed by atoms with Gasteiger partial charge in [0.2, 0.25) is 0 Å². The van der Waals surface area contributed by atoms with E-state index in [0.717, 1.165) is 38.7 Å². The Kier molecular flexibility index (Phi) is 6.69. The third kappa shape index (κ3) is 4.87. The van der Waals surface area contributed by atoms with Crippen molar-refractivity contribution < 1.29 is 14.6 Å². The van der Waals surface area contributed by atoms with Crippen molar-refractivity contribution in [1.82, 2.24) is 24.5 Å². The van der Waals surface area contributed by atoms with Crippen molar-refractivity contribution in [3.05, 3.63) is 46.5 Å². The van der Waals surface area contributed by atoms with Crippen LogP contribution in [-0.2, 0) is 4.74 Å². The van der Waals surface area contributed by atoms with Gasteiger partial charge in [-0.1, -0.05) is 0 Å². The van der Waals surface area contributed by atoms with Crippen LogP contribution in [0, 0.1) is 0 Å². The molecular weight excluding hydrogens is 450 g/mol. The van der Waals surface area contributed by atoms with Crippen LogP contribution in [0.25, 0.3) is 5.65 Å². The van der Waals surface area contributed by atoms with E-state index < -0.39 is 6.10 Å². The fourth-order valence-corrected chi connectivity index (χ4v) is 4.90. The second-order valence-electron chi connectivity index (χ2n) is 9.19. The van der Waals surface area contributed by atoms with Gasteiger partial charge in [-0.2, -0.15) is 9.61 Å². The number of carbonyl (C=O) groups is 1. The average molecular weight is 482 g/mol. The lowest BCUT2D eigenvalue weighted by atomic mass is 9.93. The number of aromatic nitrogens is 4. The number of anilines is 3. The van der Waals surface area contributed by atoms with Crippen LogP contribution in [0.15, 0.2) is 35.4 Å². The summed E-state index contributed by atoms with van der Waals surface area (Å²) in [6.45, 7) is 1.24. The average Bonchev–Trinajstić information content (AvgIpc) is 3.29. The summed E-state index contributed by atoms with van der Waals surface area (Å²) in [6.07, 6.45) is 7.70. The second-order valence-corrected chi connectivity index (χ2v) is 9.19. The van der Waals surface area contributed by atoms with Crippen LogP contribution in [0.3, 0.4) is 0 Å². The van der Waals surface area contributed by atoms with Crippen molar-refractivity contribution in [3.8, 4) is 0 Å². The molecule has 2 aliphatic rings. The van der Waals surface area contributed by atoms with Gasteiger partial charge in [0.15, 0.2) is 5.65 Å². The highest BCUT2D eigenvalue weighted by atomic mass is 16.5. The predicted octanol–water partition coefficient (Wildman–Crippen LogP) is 2.06. The Labute approximate surface area is 202 Å². The van der Waals surface area contributed by atoms with Crippen molar-refractivity contribution in [3.63, 3.8) is 0 Å². The van der Waals surface area contributed by atoms with Crippen LogP contribution in [0.4, 0.5) is 17.3 Å². The fraction of sp³-hybridized carbons (Fsp3) is 0.500. The summed E-state index contributed by atoms with van der Waals surface area (Å²) in [7, 11) is 1.75. The van der Waals surface area contributed by atoms with Gasteiger partial charge < -0.3 is 30.4 Å². The van der Waals surface area contributed by atoms with E-state index in [4.69, 9.17) is 4.74 Å². The Bertz CT molecular complexity index is 1260. The number of hydrogen-bond acceptors (Lipinski definition) is 8. The number of pyridine rings is 1. The molecule has 3 aromatic heterocycles. The van der Waals surface area contributed by atoms with Crippen molar-refractivity contribution in [2.24, 2.45) is 0 Å². The van der Waals surface area contributed by atoms with Gasteiger partial charge in [0.1, 0.15) is 22.9 Å². The van der Waals surface area contributed by atoms with Crippen LogP contribution < -0.4 is 21.5 Å². The molecule has 0 aromatic carbocycles. The topological polar surface area (TPSA) is 135 Å². The first-order valence-corrected chi connectivity index (χ1v) is 12.1. The lowest BCUT2D eigenvalue weighted by molar-refractivity contribution is 0.0580. The highest BCUT2D eigenvalue weighted by molar-refractivity contribution is 6.00. The first-order valence-electron chi connectivity index (χ1n) is 12.1. The zero-order chi connectivity index (χ0) is 24.4. The van der Waals surface area contributed by atoms with Gasteiger partial charge in [-0.3, -0.25) is 9.59 Å². The molecule has 1 saturated heterocycles. The smallest absolute Gasteiger partial charge is 0.274 e. The molecule has 4 N–H and O–H groups in total. The predicted molar refractivity (Wildman–Crippen MR) is 131 cm³/mol. The molecule has 11 heteroatoms. The summed E-state index contributed by atoms with van der Waals surface area (Å²) in [5.74, 6) is 0.742. The quantitative estimate of drug-likeness (QED) is 0.420. The molecule has 11 nitrogen and oxygen atoms in total. The molecule has 1 aliphatic carbocycles. The first kappa shape index (κ1) is 23.3. The Balaban J connectivity index is 1.43. The van der Waals surface area contributed by atoms with E-state index in [1.165, 1.54) is 6.20 Å². The molecular formula is C24H31N7O4. The number of ether oxygens (including phenoxy) is 1. The van der Waals surface area contributed by atoms with Gasteiger partial charge in [0, 0.05) is 32.0 Å². The SMILES string of the molecule is CNc1cc(Nc2cccn(C3CCCOC3)c2=O)nc2c(C(=O)NC3CCCC(O)C3)cnn12. The summed E-state index contributed by atoms with van der Waals surface area (Å²) in [5, 5.41) is 23.5. The van der Waals surface area contributed by atoms with Crippen LogP contribution in [0.1, 0.15) is 54.9 Å². The van der Waals surface area contributed by atoms with Crippen molar-refractivity contribution in [2.45, 2.75) is 56.7 Å². The molecule has 2 fully saturated rings. The number of fused-ring (bicyclic) bond motifs is 1. The third-order valence-corrected chi connectivity index (χ3v) is 6.72. The van der Waals surface area contributed by atoms with Gasteiger partial charge in [-0.05, 0) is 50.7 Å². The number of aliphatic hydroxyl groups is 1. The molecule has 1 amide bonds. The maximum Gasteiger partial charge on any atom is 0.274 e. The molecule has 3 atom stereocenters. The number of hydrogen-bond donors (Lipinski definition) is 4. The standard InChI is InChI=1S/C24H31N7O4/c1-25-21-12-20(28-19-8-3-9-30(24(19)34)16-6-4-10-35-14-16)29-22-18(13-26-31(21)22)23(33)27-15-5-2-7-17(32)11-15/h3,8-9,12-13,15-17,25,32H,2,4-7,10-11,14H2,1H3,(H,27,33)(H,28,29). The Morgan fingerprint density at radius 2 is 2.14 bits per heavy atom. The molecule has 3 unspecified atom stereocenters. The van der Waals surface area contributed by atoms with E-state index >= 15 is 0 Å². The number of aliphatic hydroxyl groups excluding tert-OH is 1. The van der Waals surface area contributed by atoms with E-state index in [1.807, 2.05) is 6.07 Å². The first-order chi connectivity index (χ1) is 17.0. The summed E-state index contributed by atoms with van der Waals surface area (Å²) in [4.78, 5) is 30.8. The summed E-state index contributed by atoms with van der Waals surface area (Å²) < 4.78 is 8.81. The van der Waals surface area contributed by atoms with Crippen molar-refractivity contribution in [2.75, 3.05) is 30.9 Å². The maximum absolute atomic E-state index is 13.2. The number of nitrogens with zero attached hydrogens (tertiary/aromatic N) is 4. The number of carbonyl (C=O) groups excluding carboxylic acids is 1. The van der Waals surface area contributed by atoms with Gasteiger partial charge >= 0.3 is 0 Å². The molecule has 186 valence electrons. The maximum atomic E-state index is 13.2. The molecule has 5 rings (SSSR count). The third-order valence-electron chi connectivity index (χ3n) is 6.72. The van der Waals surface area contributed by atoms with E-state index in [-0.39, 0.29) is 23.6 Å². The molecule has 35 heavy (non-hydrogen) atoms. The zero-order valence-corrected chi connectivity index (χ0v) is 19.7. The summed E-state index contributed by atoms with van der Waals surface area (Å²) >= 11 is 0. The van der Waals surface area contributed by atoms with E-state index in [0.29, 0.717) is 41.6 Å². The van der Waals surface area contributed by atoms with Crippen LogP contribution in [0.5, 0.6) is 0 Å². The monoisotopic (exact) mass is 481 g/mol. The van der Waals surface area contributed by atoms with Crippen molar-refractivity contribution >= 4 is 28.9 Å². The van der Waals surface area contributed by atoms with Crippen LogP contribution in [0.2, 0.25) is 0 Å².